The number of hydrogen-bond acceptors (Lipinski definition) is 1. The largest absolute Gasteiger partial charge is 0.384 e. The third kappa shape index (κ3) is 3.24. The predicted molar refractivity (Wildman–Crippen MR) is 80.4 cm³/mol. The Morgan fingerprint density at radius 2 is 1.84 bits per heavy atom. The topological polar surface area (TPSA) is 20.2 Å². The first kappa shape index (κ1) is 13.8. The van der Waals surface area contributed by atoms with E-state index in [9.17, 15) is 5.11 Å². The molecule has 0 aliphatic rings. The quantitative estimate of drug-likeness (QED) is 0.860. The van der Waals surface area contributed by atoms with Gasteiger partial charge in [0.25, 0.3) is 0 Å². The Balaban J connectivity index is 2.32. The third-order valence-corrected chi connectivity index (χ3v) is 3.53. The Kier molecular flexibility index (Phi) is 4.39. The molecule has 19 heavy (non-hydrogen) atoms. The molecule has 2 rings (SSSR count). The molecule has 0 aliphatic carbocycles. The monoisotopic (exact) mass is 254 g/mol. The molecule has 0 bridgehead atoms. The van der Waals surface area contributed by atoms with Crippen LogP contribution >= 0.6 is 0 Å². The van der Waals surface area contributed by atoms with Crippen LogP contribution in [-0.2, 0) is 6.42 Å². The predicted octanol–water partition coefficient (Wildman–Crippen LogP) is 4.34. The maximum Gasteiger partial charge on any atom is 0.104 e. The van der Waals surface area contributed by atoms with Gasteiger partial charge in [-0.25, -0.2) is 0 Å². The standard InChI is InChI=1S/C18H22O/c1-4-6-15-7-5-8-16(12-15)18(19)17-10-9-13(2)11-14(17)3/h5,7-12,18-19H,4,6H2,1-3H3. The van der Waals surface area contributed by atoms with Crippen molar-refractivity contribution in [2.75, 3.05) is 0 Å². The number of benzene rings is 2. The maximum atomic E-state index is 10.6. The van der Waals surface area contributed by atoms with Crippen LogP contribution < -0.4 is 0 Å². The van der Waals surface area contributed by atoms with Gasteiger partial charge in [0.05, 0.1) is 0 Å². The zero-order valence-corrected chi connectivity index (χ0v) is 12.0. The molecule has 0 fully saturated rings. The minimum atomic E-state index is -0.530. The summed E-state index contributed by atoms with van der Waals surface area (Å²) < 4.78 is 0. The molecular formula is C18H22O. The highest BCUT2D eigenvalue weighted by Crippen LogP contribution is 2.26. The van der Waals surface area contributed by atoms with E-state index in [0.717, 1.165) is 29.5 Å². The molecule has 0 aromatic heterocycles. The van der Waals surface area contributed by atoms with Crippen LogP contribution in [-0.4, -0.2) is 5.11 Å². The van der Waals surface area contributed by atoms with Crippen LogP contribution in [0.3, 0.4) is 0 Å². The highest BCUT2D eigenvalue weighted by Gasteiger charge is 2.13. The fourth-order valence-corrected chi connectivity index (χ4v) is 2.52. The van der Waals surface area contributed by atoms with E-state index in [1.807, 2.05) is 18.2 Å². The Morgan fingerprint density at radius 3 is 2.53 bits per heavy atom. The first-order valence-electron chi connectivity index (χ1n) is 6.96. The molecular weight excluding hydrogens is 232 g/mol. The molecule has 0 heterocycles. The van der Waals surface area contributed by atoms with Gasteiger partial charge < -0.3 is 5.11 Å². The van der Waals surface area contributed by atoms with Crippen LogP contribution in [0.2, 0.25) is 0 Å². The molecule has 2 aromatic carbocycles. The Hall–Kier alpha value is -1.60. The zero-order valence-electron chi connectivity index (χ0n) is 12.0. The van der Waals surface area contributed by atoms with Gasteiger partial charge in [-0.3, -0.25) is 0 Å². The number of aliphatic hydroxyl groups is 1. The van der Waals surface area contributed by atoms with Gasteiger partial charge in [-0.2, -0.15) is 0 Å². The van der Waals surface area contributed by atoms with Crippen LogP contribution in [0.4, 0.5) is 0 Å². The minimum absolute atomic E-state index is 0.530. The normalized spacial score (nSPS) is 12.4. The average Bonchev–Trinajstić information content (AvgIpc) is 2.39. The number of hydrogen-bond donors (Lipinski definition) is 1. The highest BCUT2D eigenvalue weighted by atomic mass is 16.3. The molecule has 1 unspecified atom stereocenters. The van der Waals surface area contributed by atoms with E-state index in [1.54, 1.807) is 0 Å². The van der Waals surface area contributed by atoms with E-state index >= 15 is 0 Å². The van der Waals surface area contributed by atoms with Gasteiger partial charge in [0.1, 0.15) is 6.10 Å². The summed E-state index contributed by atoms with van der Waals surface area (Å²) in [6, 6.07) is 14.5. The van der Waals surface area contributed by atoms with Crippen molar-refractivity contribution in [1.29, 1.82) is 0 Å². The van der Waals surface area contributed by atoms with E-state index in [1.165, 1.54) is 11.1 Å². The molecule has 1 nitrogen and oxygen atoms in total. The van der Waals surface area contributed by atoms with E-state index in [2.05, 4.69) is 45.0 Å². The lowest BCUT2D eigenvalue weighted by Crippen LogP contribution is -2.03. The molecule has 1 atom stereocenters. The molecule has 0 radical (unpaired) electrons. The zero-order chi connectivity index (χ0) is 13.8. The van der Waals surface area contributed by atoms with Crippen molar-refractivity contribution in [1.82, 2.24) is 0 Å². The van der Waals surface area contributed by atoms with E-state index in [4.69, 9.17) is 0 Å². The third-order valence-electron chi connectivity index (χ3n) is 3.53. The van der Waals surface area contributed by atoms with Crippen LogP contribution in [0.15, 0.2) is 42.5 Å². The fraction of sp³-hybridized carbons (Fsp3) is 0.333. The molecule has 1 heteroatoms. The van der Waals surface area contributed by atoms with E-state index < -0.39 is 6.10 Å². The van der Waals surface area contributed by atoms with Crippen molar-refractivity contribution in [3.8, 4) is 0 Å². The second-order valence-corrected chi connectivity index (χ2v) is 5.26. The lowest BCUT2D eigenvalue weighted by molar-refractivity contribution is 0.219. The van der Waals surface area contributed by atoms with Crippen LogP contribution in [0, 0.1) is 13.8 Å². The molecule has 0 amide bonds. The molecule has 1 N–H and O–H groups in total. The summed E-state index contributed by atoms with van der Waals surface area (Å²) in [5.41, 5.74) is 5.66. The van der Waals surface area contributed by atoms with Gasteiger partial charge >= 0.3 is 0 Å². The molecule has 2 aromatic rings. The van der Waals surface area contributed by atoms with Gasteiger partial charge in [-0.05, 0) is 42.5 Å². The smallest absolute Gasteiger partial charge is 0.104 e. The summed E-state index contributed by atoms with van der Waals surface area (Å²) in [4.78, 5) is 0. The van der Waals surface area contributed by atoms with Crippen molar-refractivity contribution < 1.29 is 5.11 Å². The Bertz CT molecular complexity index is 557. The lowest BCUT2D eigenvalue weighted by Gasteiger charge is -2.15. The van der Waals surface area contributed by atoms with Crippen LogP contribution in [0.1, 0.15) is 47.3 Å². The summed E-state index contributed by atoms with van der Waals surface area (Å²) in [7, 11) is 0. The first-order valence-corrected chi connectivity index (χ1v) is 6.96. The fourth-order valence-electron chi connectivity index (χ4n) is 2.52. The number of aliphatic hydroxyl groups excluding tert-OH is 1. The van der Waals surface area contributed by atoms with E-state index in [0.29, 0.717) is 0 Å². The Morgan fingerprint density at radius 1 is 1.05 bits per heavy atom. The lowest BCUT2D eigenvalue weighted by atomic mass is 9.94. The molecule has 0 aliphatic heterocycles. The van der Waals surface area contributed by atoms with Crippen LogP contribution in [0.5, 0.6) is 0 Å². The first-order chi connectivity index (χ1) is 9.11. The number of rotatable bonds is 4. The second kappa shape index (κ2) is 6.03. The van der Waals surface area contributed by atoms with Gasteiger partial charge in [0.15, 0.2) is 0 Å². The van der Waals surface area contributed by atoms with Gasteiger partial charge in [-0.1, -0.05) is 61.4 Å². The van der Waals surface area contributed by atoms with Crippen molar-refractivity contribution in [3.63, 3.8) is 0 Å². The molecule has 0 spiro atoms. The summed E-state index contributed by atoms with van der Waals surface area (Å²) >= 11 is 0. The van der Waals surface area contributed by atoms with Crippen molar-refractivity contribution in [3.05, 3.63) is 70.3 Å². The van der Waals surface area contributed by atoms with Gasteiger partial charge in [0.2, 0.25) is 0 Å². The summed E-state index contributed by atoms with van der Waals surface area (Å²) in [6.45, 7) is 6.31. The van der Waals surface area contributed by atoms with E-state index in [-0.39, 0.29) is 0 Å². The highest BCUT2D eigenvalue weighted by molar-refractivity contribution is 5.38. The molecule has 0 saturated carbocycles. The van der Waals surface area contributed by atoms with Gasteiger partial charge in [-0.15, -0.1) is 0 Å². The van der Waals surface area contributed by atoms with Gasteiger partial charge in [0, 0.05) is 0 Å². The van der Waals surface area contributed by atoms with Crippen LogP contribution in [0.25, 0.3) is 0 Å². The second-order valence-electron chi connectivity index (χ2n) is 5.26. The molecule has 100 valence electrons. The minimum Gasteiger partial charge on any atom is -0.384 e. The maximum absolute atomic E-state index is 10.6. The Labute approximate surface area is 115 Å². The SMILES string of the molecule is CCCc1cccc(C(O)c2ccc(C)cc2C)c1. The molecule has 0 saturated heterocycles. The summed E-state index contributed by atoms with van der Waals surface area (Å²) in [5.74, 6) is 0. The van der Waals surface area contributed by atoms with Crippen molar-refractivity contribution in [2.45, 2.75) is 39.7 Å². The number of aryl methyl sites for hydroxylation is 3. The van der Waals surface area contributed by atoms with Crippen molar-refractivity contribution >= 4 is 0 Å². The van der Waals surface area contributed by atoms with Crippen molar-refractivity contribution in [2.24, 2.45) is 0 Å². The summed E-state index contributed by atoms with van der Waals surface area (Å²) in [6.07, 6.45) is 1.66. The summed E-state index contributed by atoms with van der Waals surface area (Å²) in [5, 5.41) is 10.6. The average molecular weight is 254 g/mol.